The molecular formula is C7H14N2O3. The standard InChI is InChI=1S/C7H14N2O3/c1-3-4(2)9-6(11)5(10)8-7(9)12/h4-5,7-8,10,12H,3H2,1-2H3. The fraction of sp³-hybridized carbons (Fsp3) is 0.857. The second kappa shape index (κ2) is 3.38. The molecule has 3 N–H and O–H groups in total. The normalized spacial score (nSPS) is 32.7. The summed E-state index contributed by atoms with van der Waals surface area (Å²) in [5.41, 5.74) is 0. The first-order chi connectivity index (χ1) is 5.57. The highest BCUT2D eigenvalue weighted by molar-refractivity contribution is 5.82. The van der Waals surface area contributed by atoms with Gasteiger partial charge < -0.3 is 10.2 Å². The zero-order valence-electron chi connectivity index (χ0n) is 7.19. The van der Waals surface area contributed by atoms with E-state index in [9.17, 15) is 9.90 Å². The van der Waals surface area contributed by atoms with Crippen LogP contribution in [0.1, 0.15) is 20.3 Å². The fourth-order valence-electron chi connectivity index (χ4n) is 1.21. The largest absolute Gasteiger partial charge is 0.370 e. The minimum absolute atomic E-state index is 0.0582. The summed E-state index contributed by atoms with van der Waals surface area (Å²) in [6.07, 6.45) is -1.56. The number of carbonyl (C=O) groups is 1. The van der Waals surface area contributed by atoms with Crippen molar-refractivity contribution in [3.8, 4) is 0 Å². The van der Waals surface area contributed by atoms with Crippen LogP contribution >= 0.6 is 0 Å². The van der Waals surface area contributed by atoms with Crippen LogP contribution in [-0.2, 0) is 4.79 Å². The Labute approximate surface area is 71.0 Å². The Morgan fingerprint density at radius 2 is 2.25 bits per heavy atom. The van der Waals surface area contributed by atoms with E-state index in [1.165, 1.54) is 4.90 Å². The van der Waals surface area contributed by atoms with Gasteiger partial charge in [0, 0.05) is 6.04 Å². The van der Waals surface area contributed by atoms with Gasteiger partial charge in [-0.05, 0) is 13.3 Å². The number of nitrogens with zero attached hydrogens (tertiary/aromatic N) is 1. The number of rotatable bonds is 2. The van der Waals surface area contributed by atoms with Crippen LogP contribution in [0.25, 0.3) is 0 Å². The maximum atomic E-state index is 11.2. The van der Waals surface area contributed by atoms with Crippen LogP contribution in [0, 0.1) is 0 Å². The van der Waals surface area contributed by atoms with Gasteiger partial charge in [0.05, 0.1) is 0 Å². The average molecular weight is 174 g/mol. The van der Waals surface area contributed by atoms with E-state index in [0.717, 1.165) is 6.42 Å². The maximum absolute atomic E-state index is 11.2. The lowest BCUT2D eigenvalue weighted by Crippen LogP contribution is -2.42. The van der Waals surface area contributed by atoms with Crippen molar-refractivity contribution in [3.05, 3.63) is 0 Å². The molecule has 0 saturated carbocycles. The molecule has 0 bridgehead atoms. The summed E-state index contributed by atoms with van der Waals surface area (Å²) in [5.74, 6) is -0.461. The topological polar surface area (TPSA) is 72.8 Å². The molecular weight excluding hydrogens is 160 g/mol. The SMILES string of the molecule is CCC(C)N1C(=O)C(O)NC1O. The van der Waals surface area contributed by atoms with Crippen LogP contribution in [-0.4, -0.2) is 39.6 Å². The van der Waals surface area contributed by atoms with E-state index >= 15 is 0 Å². The third-order valence-electron chi connectivity index (χ3n) is 2.12. The lowest BCUT2D eigenvalue weighted by molar-refractivity contribution is -0.141. The molecule has 70 valence electrons. The second-order valence-electron chi connectivity index (χ2n) is 2.95. The minimum Gasteiger partial charge on any atom is -0.370 e. The number of aliphatic hydroxyl groups excluding tert-OH is 2. The highest BCUT2D eigenvalue weighted by Gasteiger charge is 2.38. The fourth-order valence-corrected chi connectivity index (χ4v) is 1.21. The van der Waals surface area contributed by atoms with Crippen LogP contribution in [0.5, 0.6) is 0 Å². The summed E-state index contributed by atoms with van der Waals surface area (Å²) < 4.78 is 0. The Hall–Kier alpha value is -0.650. The molecule has 1 fully saturated rings. The van der Waals surface area contributed by atoms with Crippen molar-refractivity contribution in [2.45, 2.75) is 38.9 Å². The van der Waals surface area contributed by atoms with Gasteiger partial charge in [0.25, 0.3) is 5.91 Å². The van der Waals surface area contributed by atoms with Gasteiger partial charge in [0.15, 0.2) is 12.6 Å². The van der Waals surface area contributed by atoms with Gasteiger partial charge in [-0.3, -0.25) is 9.69 Å². The molecule has 0 spiro atoms. The monoisotopic (exact) mass is 174 g/mol. The van der Waals surface area contributed by atoms with Crippen LogP contribution in [0.3, 0.4) is 0 Å². The number of hydrogen-bond acceptors (Lipinski definition) is 4. The van der Waals surface area contributed by atoms with E-state index in [-0.39, 0.29) is 6.04 Å². The first-order valence-electron chi connectivity index (χ1n) is 4.02. The highest BCUT2D eigenvalue weighted by atomic mass is 16.4. The molecule has 1 saturated heterocycles. The van der Waals surface area contributed by atoms with Crippen molar-refractivity contribution < 1.29 is 15.0 Å². The Morgan fingerprint density at radius 1 is 1.67 bits per heavy atom. The number of amides is 1. The van der Waals surface area contributed by atoms with E-state index in [1.807, 2.05) is 13.8 Å². The zero-order chi connectivity index (χ0) is 9.30. The Kier molecular flexibility index (Phi) is 2.66. The maximum Gasteiger partial charge on any atom is 0.270 e. The third-order valence-corrected chi connectivity index (χ3v) is 2.12. The minimum atomic E-state index is -1.26. The predicted octanol–water partition coefficient (Wildman–Crippen LogP) is -1.19. The molecule has 5 heteroatoms. The van der Waals surface area contributed by atoms with Gasteiger partial charge in [0.1, 0.15) is 0 Å². The molecule has 0 aromatic carbocycles. The average Bonchev–Trinajstić information content (AvgIpc) is 2.26. The van der Waals surface area contributed by atoms with Crippen LogP contribution in [0.15, 0.2) is 0 Å². The lowest BCUT2D eigenvalue weighted by atomic mass is 10.2. The van der Waals surface area contributed by atoms with Crippen molar-refractivity contribution in [1.29, 1.82) is 0 Å². The number of hydrogen-bond donors (Lipinski definition) is 3. The van der Waals surface area contributed by atoms with E-state index in [1.54, 1.807) is 0 Å². The molecule has 1 aliphatic heterocycles. The molecule has 3 atom stereocenters. The Balaban J connectivity index is 2.69. The molecule has 0 aromatic rings. The Bertz CT molecular complexity index is 181. The Morgan fingerprint density at radius 3 is 2.58 bits per heavy atom. The predicted molar refractivity (Wildman–Crippen MR) is 41.7 cm³/mol. The molecule has 1 rings (SSSR count). The molecule has 5 nitrogen and oxygen atoms in total. The van der Waals surface area contributed by atoms with E-state index in [0.29, 0.717) is 0 Å². The summed E-state index contributed by atoms with van der Waals surface area (Å²) in [5, 5.41) is 20.6. The van der Waals surface area contributed by atoms with Crippen LogP contribution < -0.4 is 5.32 Å². The molecule has 12 heavy (non-hydrogen) atoms. The van der Waals surface area contributed by atoms with Gasteiger partial charge in [-0.15, -0.1) is 0 Å². The van der Waals surface area contributed by atoms with Gasteiger partial charge in [-0.2, -0.15) is 0 Å². The van der Waals surface area contributed by atoms with E-state index < -0.39 is 18.5 Å². The van der Waals surface area contributed by atoms with Gasteiger partial charge >= 0.3 is 0 Å². The summed E-state index contributed by atoms with van der Waals surface area (Å²) >= 11 is 0. The van der Waals surface area contributed by atoms with Gasteiger partial charge in [-0.25, -0.2) is 5.32 Å². The number of carbonyl (C=O) groups excluding carboxylic acids is 1. The number of aliphatic hydroxyl groups is 2. The lowest BCUT2D eigenvalue weighted by Gasteiger charge is -2.25. The van der Waals surface area contributed by atoms with Crippen molar-refractivity contribution in [2.75, 3.05) is 0 Å². The molecule has 0 radical (unpaired) electrons. The summed E-state index contributed by atoms with van der Waals surface area (Å²) in [4.78, 5) is 12.4. The molecule has 0 aromatic heterocycles. The zero-order valence-corrected chi connectivity index (χ0v) is 7.19. The molecule has 1 heterocycles. The van der Waals surface area contributed by atoms with Gasteiger partial charge in [0.2, 0.25) is 0 Å². The smallest absolute Gasteiger partial charge is 0.270 e. The molecule has 1 amide bonds. The first kappa shape index (κ1) is 9.44. The third kappa shape index (κ3) is 1.43. The quantitative estimate of drug-likeness (QED) is 0.492. The number of nitrogens with one attached hydrogen (secondary N) is 1. The second-order valence-corrected chi connectivity index (χ2v) is 2.95. The molecule has 0 aliphatic carbocycles. The first-order valence-corrected chi connectivity index (χ1v) is 4.02. The van der Waals surface area contributed by atoms with Crippen LogP contribution in [0.2, 0.25) is 0 Å². The summed E-state index contributed by atoms with van der Waals surface area (Å²) in [7, 11) is 0. The van der Waals surface area contributed by atoms with E-state index in [4.69, 9.17) is 5.11 Å². The summed E-state index contributed by atoms with van der Waals surface area (Å²) in [6.45, 7) is 3.73. The molecule has 3 unspecified atom stereocenters. The molecule has 1 aliphatic rings. The van der Waals surface area contributed by atoms with Crippen molar-refractivity contribution in [1.82, 2.24) is 10.2 Å². The summed E-state index contributed by atoms with van der Waals surface area (Å²) in [6, 6.07) is -0.0582. The van der Waals surface area contributed by atoms with Crippen molar-refractivity contribution >= 4 is 5.91 Å². The van der Waals surface area contributed by atoms with E-state index in [2.05, 4.69) is 5.32 Å². The highest BCUT2D eigenvalue weighted by Crippen LogP contribution is 2.13. The van der Waals surface area contributed by atoms with Crippen molar-refractivity contribution in [3.63, 3.8) is 0 Å². The van der Waals surface area contributed by atoms with Crippen LogP contribution in [0.4, 0.5) is 0 Å². The van der Waals surface area contributed by atoms with Gasteiger partial charge in [-0.1, -0.05) is 6.92 Å². The van der Waals surface area contributed by atoms with Crippen molar-refractivity contribution in [2.24, 2.45) is 0 Å².